The fourth-order valence-corrected chi connectivity index (χ4v) is 4.31. The monoisotopic (exact) mass is 432 g/mol. The van der Waals surface area contributed by atoms with E-state index in [-0.39, 0.29) is 17.1 Å². The van der Waals surface area contributed by atoms with Gasteiger partial charge in [-0.25, -0.2) is 4.98 Å². The average molecular weight is 432 g/mol. The van der Waals surface area contributed by atoms with Crippen LogP contribution in [0.3, 0.4) is 0 Å². The number of hydrogen-bond donors (Lipinski definition) is 3. The zero-order valence-electron chi connectivity index (χ0n) is 16.8. The first-order valence-corrected chi connectivity index (χ1v) is 10.5. The van der Waals surface area contributed by atoms with Crippen LogP contribution in [0.15, 0.2) is 30.5 Å². The third-order valence-corrected chi connectivity index (χ3v) is 5.74. The molecule has 0 spiro atoms. The Labute approximate surface area is 177 Å². The third-order valence-electron chi connectivity index (χ3n) is 5.74. The van der Waals surface area contributed by atoms with Crippen LogP contribution in [0.2, 0.25) is 0 Å². The van der Waals surface area contributed by atoms with Crippen molar-refractivity contribution in [3.05, 3.63) is 36.0 Å². The van der Waals surface area contributed by atoms with E-state index in [2.05, 4.69) is 20.6 Å². The molecule has 0 unspecified atom stereocenters. The van der Waals surface area contributed by atoms with Gasteiger partial charge >= 0.3 is 6.18 Å². The SMILES string of the molecule is FC(F)(F)c1c[nH]c2nc(Nc3cccc4c3OCCO4)cc(NC3CCCCC3)c12. The van der Waals surface area contributed by atoms with Gasteiger partial charge in [0.25, 0.3) is 0 Å². The molecule has 3 aromatic rings. The van der Waals surface area contributed by atoms with Gasteiger partial charge < -0.3 is 25.1 Å². The van der Waals surface area contributed by atoms with Crippen molar-refractivity contribution in [3.63, 3.8) is 0 Å². The Morgan fingerprint density at radius 3 is 2.65 bits per heavy atom. The van der Waals surface area contributed by atoms with E-state index in [1.54, 1.807) is 6.07 Å². The molecule has 0 saturated heterocycles. The number of hydrogen-bond acceptors (Lipinski definition) is 5. The van der Waals surface area contributed by atoms with Crippen molar-refractivity contribution in [2.45, 2.75) is 44.3 Å². The van der Waals surface area contributed by atoms with Crippen LogP contribution < -0.4 is 20.1 Å². The van der Waals surface area contributed by atoms with Crippen LogP contribution in [0.4, 0.5) is 30.4 Å². The zero-order chi connectivity index (χ0) is 21.4. The van der Waals surface area contributed by atoms with Gasteiger partial charge in [0.15, 0.2) is 11.5 Å². The summed E-state index contributed by atoms with van der Waals surface area (Å²) in [6, 6.07) is 7.25. The number of aromatic amines is 1. The van der Waals surface area contributed by atoms with Gasteiger partial charge in [0, 0.05) is 24.0 Å². The largest absolute Gasteiger partial charge is 0.486 e. The Hall–Kier alpha value is -3.10. The van der Waals surface area contributed by atoms with Crippen LogP contribution in [-0.2, 0) is 6.18 Å². The molecule has 0 radical (unpaired) electrons. The van der Waals surface area contributed by atoms with Crippen molar-refractivity contribution < 1.29 is 22.6 Å². The van der Waals surface area contributed by atoms with Gasteiger partial charge in [-0.1, -0.05) is 25.3 Å². The van der Waals surface area contributed by atoms with Gasteiger partial charge in [-0.15, -0.1) is 0 Å². The molecule has 1 aromatic carbocycles. The number of nitrogens with one attached hydrogen (secondary N) is 3. The van der Waals surface area contributed by atoms with E-state index in [1.165, 1.54) is 0 Å². The molecule has 3 heterocycles. The highest BCUT2D eigenvalue weighted by molar-refractivity contribution is 5.95. The smallest absolute Gasteiger partial charge is 0.418 e. The number of rotatable bonds is 4. The number of pyridine rings is 1. The van der Waals surface area contributed by atoms with Crippen LogP contribution in [0.1, 0.15) is 37.7 Å². The third kappa shape index (κ3) is 3.96. The number of H-pyrrole nitrogens is 1. The summed E-state index contributed by atoms with van der Waals surface area (Å²) in [5.41, 5.74) is 0.538. The summed E-state index contributed by atoms with van der Waals surface area (Å²) in [6.45, 7) is 0.900. The Balaban J connectivity index is 1.55. The van der Waals surface area contributed by atoms with E-state index in [0.717, 1.165) is 38.3 Å². The second-order valence-corrected chi connectivity index (χ2v) is 7.91. The minimum absolute atomic E-state index is 0.0679. The molecule has 164 valence electrons. The van der Waals surface area contributed by atoms with Crippen LogP contribution >= 0.6 is 0 Å². The molecule has 0 atom stereocenters. The van der Waals surface area contributed by atoms with E-state index < -0.39 is 11.7 Å². The summed E-state index contributed by atoms with van der Waals surface area (Å²) in [7, 11) is 0. The van der Waals surface area contributed by atoms with Crippen LogP contribution in [0.25, 0.3) is 11.0 Å². The first-order chi connectivity index (χ1) is 15.0. The van der Waals surface area contributed by atoms with Crippen LogP contribution in [0, 0.1) is 0 Å². The van der Waals surface area contributed by atoms with Gasteiger partial charge in [0.1, 0.15) is 24.7 Å². The number of fused-ring (bicyclic) bond motifs is 2. The maximum absolute atomic E-state index is 13.6. The van der Waals surface area contributed by atoms with E-state index in [0.29, 0.717) is 41.9 Å². The minimum atomic E-state index is -4.47. The van der Waals surface area contributed by atoms with Crippen molar-refractivity contribution >= 4 is 28.2 Å². The number of ether oxygens (including phenoxy) is 2. The highest BCUT2D eigenvalue weighted by atomic mass is 19.4. The van der Waals surface area contributed by atoms with Crippen molar-refractivity contribution in [2.75, 3.05) is 23.8 Å². The van der Waals surface area contributed by atoms with Gasteiger partial charge in [-0.2, -0.15) is 13.2 Å². The number of benzene rings is 1. The summed E-state index contributed by atoms with van der Waals surface area (Å²) in [5.74, 6) is 1.61. The van der Waals surface area contributed by atoms with Gasteiger partial charge in [-0.3, -0.25) is 0 Å². The lowest BCUT2D eigenvalue weighted by molar-refractivity contribution is -0.136. The lowest BCUT2D eigenvalue weighted by Crippen LogP contribution is -2.22. The first kappa shape index (κ1) is 19.8. The number of alkyl halides is 3. The number of halogens is 3. The summed E-state index contributed by atoms with van der Waals surface area (Å²) in [4.78, 5) is 7.10. The normalized spacial score (nSPS) is 17.0. The zero-order valence-corrected chi connectivity index (χ0v) is 16.8. The van der Waals surface area contributed by atoms with E-state index in [1.807, 2.05) is 18.2 Å². The van der Waals surface area contributed by atoms with Gasteiger partial charge in [0.05, 0.1) is 16.6 Å². The molecule has 0 amide bonds. The predicted octanol–water partition coefficient (Wildman–Crippen LogP) is 5.84. The Bertz CT molecular complexity index is 1090. The van der Waals surface area contributed by atoms with Crippen LogP contribution in [-0.4, -0.2) is 29.2 Å². The van der Waals surface area contributed by atoms with Gasteiger partial charge in [-0.05, 0) is 25.0 Å². The molecular weight excluding hydrogens is 409 g/mol. The minimum Gasteiger partial charge on any atom is -0.486 e. The highest BCUT2D eigenvalue weighted by Crippen LogP contribution is 2.42. The van der Waals surface area contributed by atoms with E-state index >= 15 is 0 Å². The molecule has 31 heavy (non-hydrogen) atoms. The summed E-state index contributed by atoms with van der Waals surface area (Å²) in [6.07, 6.45) is 1.70. The molecule has 1 aliphatic carbocycles. The van der Waals surface area contributed by atoms with Gasteiger partial charge in [0.2, 0.25) is 0 Å². The number of anilines is 3. The summed E-state index contributed by atoms with van der Waals surface area (Å²) in [5, 5.41) is 6.62. The van der Waals surface area contributed by atoms with Crippen molar-refractivity contribution in [1.29, 1.82) is 0 Å². The standard InChI is InChI=1S/C22H23F3N4O2/c23-22(24,25)14-12-26-21-19(14)16(27-13-5-2-1-3-6-13)11-18(29-21)28-15-7-4-8-17-20(15)31-10-9-30-17/h4,7-8,11-13H,1-3,5-6,9-10H2,(H3,26,27,28,29). The van der Waals surface area contributed by atoms with E-state index in [4.69, 9.17) is 9.47 Å². The molecule has 2 aromatic heterocycles. The molecule has 2 aliphatic rings. The fourth-order valence-electron chi connectivity index (χ4n) is 4.31. The molecule has 1 aliphatic heterocycles. The Morgan fingerprint density at radius 2 is 1.84 bits per heavy atom. The molecule has 9 heteroatoms. The predicted molar refractivity (Wildman–Crippen MR) is 112 cm³/mol. The molecule has 1 fully saturated rings. The molecule has 6 nitrogen and oxygen atoms in total. The quantitative estimate of drug-likeness (QED) is 0.483. The second-order valence-electron chi connectivity index (χ2n) is 7.91. The highest BCUT2D eigenvalue weighted by Gasteiger charge is 2.35. The Kier molecular flexibility index (Phi) is 5.03. The summed E-state index contributed by atoms with van der Waals surface area (Å²) < 4.78 is 52.2. The lowest BCUT2D eigenvalue weighted by atomic mass is 9.95. The summed E-state index contributed by atoms with van der Waals surface area (Å²) >= 11 is 0. The van der Waals surface area contributed by atoms with E-state index in [9.17, 15) is 13.2 Å². The Morgan fingerprint density at radius 1 is 1.03 bits per heavy atom. The molecular formula is C22H23F3N4O2. The second kappa shape index (κ2) is 7.86. The molecule has 5 rings (SSSR count). The number of aromatic nitrogens is 2. The number of nitrogens with zero attached hydrogens (tertiary/aromatic N) is 1. The van der Waals surface area contributed by atoms with Crippen LogP contribution in [0.5, 0.6) is 11.5 Å². The maximum Gasteiger partial charge on any atom is 0.418 e. The lowest BCUT2D eigenvalue weighted by Gasteiger charge is -2.25. The molecule has 1 saturated carbocycles. The molecule has 0 bridgehead atoms. The van der Waals surface area contributed by atoms with Crippen molar-refractivity contribution in [1.82, 2.24) is 9.97 Å². The topological polar surface area (TPSA) is 71.2 Å². The number of para-hydroxylation sites is 1. The molecule has 3 N–H and O–H groups in total. The van der Waals surface area contributed by atoms with Crippen molar-refractivity contribution in [3.8, 4) is 11.5 Å². The average Bonchev–Trinajstić information content (AvgIpc) is 3.20. The maximum atomic E-state index is 13.6. The van der Waals surface area contributed by atoms with Crippen molar-refractivity contribution in [2.24, 2.45) is 0 Å². The first-order valence-electron chi connectivity index (χ1n) is 10.5. The fraction of sp³-hybridized carbons (Fsp3) is 0.409.